The minimum Gasteiger partial charge on any atom is -0.324 e. The monoisotopic (exact) mass is 345 g/mol. The lowest BCUT2D eigenvalue weighted by Gasteiger charge is -2.10. The van der Waals surface area contributed by atoms with Gasteiger partial charge in [-0.3, -0.25) is 14.2 Å². The fraction of sp³-hybridized carbons (Fsp3) is 0.118. The minimum absolute atomic E-state index is 0.129. The van der Waals surface area contributed by atoms with Gasteiger partial charge in [0.05, 0.1) is 17.2 Å². The number of nitrogens with one attached hydrogen (secondary N) is 1. The quantitative estimate of drug-likeness (QED) is 0.793. The van der Waals surface area contributed by atoms with Crippen molar-refractivity contribution in [1.82, 2.24) is 9.55 Å². The number of aromatic nitrogens is 2. The van der Waals surface area contributed by atoms with E-state index in [1.54, 1.807) is 25.1 Å². The topological polar surface area (TPSA) is 64.0 Å². The fourth-order valence-corrected chi connectivity index (χ4v) is 2.51. The molecule has 0 aliphatic heterocycles. The molecule has 2 aromatic carbocycles. The number of hydrogen-bond donors (Lipinski definition) is 1. The maximum Gasteiger partial charge on any atom is 0.261 e. The second kappa shape index (κ2) is 6.41. The van der Waals surface area contributed by atoms with Crippen LogP contribution in [-0.2, 0) is 11.3 Å². The van der Waals surface area contributed by atoms with Crippen molar-refractivity contribution in [2.24, 2.45) is 0 Å². The van der Waals surface area contributed by atoms with Gasteiger partial charge in [-0.25, -0.2) is 9.37 Å². The summed E-state index contributed by atoms with van der Waals surface area (Å²) in [6, 6.07) is 8.92. The molecule has 5 nitrogen and oxygen atoms in total. The molecule has 0 radical (unpaired) electrons. The smallest absolute Gasteiger partial charge is 0.261 e. The van der Waals surface area contributed by atoms with Crippen molar-refractivity contribution in [3.8, 4) is 0 Å². The average Bonchev–Trinajstić information content (AvgIpc) is 2.55. The summed E-state index contributed by atoms with van der Waals surface area (Å²) in [5, 5.41) is 3.37. The molecule has 0 saturated carbocycles. The van der Waals surface area contributed by atoms with Crippen molar-refractivity contribution >= 4 is 34.1 Å². The molecule has 0 aliphatic rings. The first-order valence-corrected chi connectivity index (χ1v) is 7.53. The van der Waals surface area contributed by atoms with E-state index in [2.05, 4.69) is 10.3 Å². The Labute approximate surface area is 141 Å². The number of amides is 1. The highest BCUT2D eigenvalue weighted by Crippen LogP contribution is 2.22. The van der Waals surface area contributed by atoms with Crippen molar-refractivity contribution < 1.29 is 9.18 Å². The van der Waals surface area contributed by atoms with E-state index < -0.39 is 17.3 Å². The van der Waals surface area contributed by atoms with Gasteiger partial charge in [0.1, 0.15) is 12.4 Å². The van der Waals surface area contributed by atoms with Crippen LogP contribution in [0.2, 0.25) is 5.02 Å². The van der Waals surface area contributed by atoms with Gasteiger partial charge in [-0.1, -0.05) is 17.7 Å². The van der Waals surface area contributed by atoms with Crippen LogP contribution >= 0.6 is 11.6 Å². The van der Waals surface area contributed by atoms with Crippen LogP contribution < -0.4 is 10.9 Å². The van der Waals surface area contributed by atoms with E-state index >= 15 is 0 Å². The van der Waals surface area contributed by atoms with Gasteiger partial charge in [0, 0.05) is 10.7 Å². The van der Waals surface area contributed by atoms with Crippen LogP contribution in [0.3, 0.4) is 0 Å². The van der Waals surface area contributed by atoms with Gasteiger partial charge in [0.2, 0.25) is 5.91 Å². The number of rotatable bonds is 3. The highest BCUT2D eigenvalue weighted by Gasteiger charge is 2.11. The Morgan fingerprint density at radius 2 is 2.12 bits per heavy atom. The largest absolute Gasteiger partial charge is 0.324 e. The number of nitrogens with zero attached hydrogens (tertiary/aromatic N) is 2. The van der Waals surface area contributed by atoms with E-state index in [0.717, 1.165) is 16.2 Å². The Hall–Kier alpha value is -2.73. The van der Waals surface area contributed by atoms with Crippen LogP contribution in [0.25, 0.3) is 10.9 Å². The minimum atomic E-state index is -0.529. The fourth-order valence-electron chi connectivity index (χ4n) is 2.33. The SMILES string of the molecule is Cc1c(Cl)cccc1NC(=O)Cn1cnc2ccc(F)cc2c1=O. The number of anilines is 1. The first-order chi connectivity index (χ1) is 11.5. The second-order valence-corrected chi connectivity index (χ2v) is 5.71. The molecule has 0 spiro atoms. The molecule has 24 heavy (non-hydrogen) atoms. The van der Waals surface area contributed by atoms with E-state index in [9.17, 15) is 14.0 Å². The number of fused-ring (bicyclic) bond motifs is 1. The lowest BCUT2D eigenvalue weighted by Crippen LogP contribution is -2.28. The third kappa shape index (κ3) is 3.14. The van der Waals surface area contributed by atoms with Crippen LogP contribution in [0.5, 0.6) is 0 Å². The van der Waals surface area contributed by atoms with E-state index in [1.165, 1.54) is 18.5 Å². The van der Waals surface area contributed by atoms with Crippen LogP contribution in [0.1, 0.15) is 5.56 Å². The molecule has 7 heteroatoms. The van der Waals surface area contributed by atoms with Crippen molar-refractivity contribution in [2.45, 2.75) is 13.5 Å². The van der Waals surface area contributed by atoms with Crippen LogP contribution in [0.15, 0.2) is 47.5 Å². The maximum atomic E-state index is 13.3. The molecule has 0 bridgehead atoms. The molecule has 1 aromatic heterocycles. The van der Waals surface area contributed by atoms with Crippen molar-refractivity contribution in [3.05, 3.63) is 69.5 Å². The summed E-state index contributed by atoms with van der Waals surface area (Å²) in [5.74, 6) is -0.932. The van der Waals surface area contributed by atoms with Gasteiger partial charge in [0.25, 0.3) is 5.56 Å². The Balaban J connectivity index is 1.87. The van der Waals surface area contributed by atoms with Gasteiger partial charge < -0.3 is 5.32 Å². The van der Waals surface area contributed by atoms with E-state index in [1.807, 2.05) is 0 Å². The summed E-state index contributed by atoms with van der Waals surface area (Å²) in [7, 11) is 0. The van der Waals surface area contributed by atoms with Crippen molar-refractivity contribution in [2.75, 3.05) is 5.32 Å². The normalized spacial score (nSPS) is 10.8. The summed E-state index contributed by atoms with van der Waals surface area (Å²) < 4.78 is 14.4. The number of carbonyl (C=O) groups excluding carboxylic acids is 1. The molecule has 1 N–H and O–H groups in total. The second-order valence-electron chi connectivity index (χ2n) is 5.30. The molecule has 0 unspecified atom stereocenters. The summed E-state index contributed by atoms with van der Waals surface area (Å²) in [4.78, 5) is 28.6. The number of hydrogen-bond acceptors (Lipinski definition) is 3. The Kier molecular flexibility index (Phi) is 4.31. The van der Waals surface area contributed by atoms with Crippen LogP contribution in [0.4, 0.5) is 10.1 Å². The van der Waals surface area contributed by atoms with E-state index in [4.69, 9.17) is 11.6 Å². The number of halogens is 2. The van der Waals surface area contributed by atoms with Crippen molar-refractivity contribution in [3.63, 3.8) is 0 Å². The third-order valence-electron chi connectivity index (χ3n) is 3.64. The molecule has 122 valence electrons. The molecule has 3 aromatic rings. The number of benzene rings is 2. The van der Waals surface area contributed by atoms with Crippen LogP contribution in [0, 0.1) is 12.7 Å². The molecule has 1 amide bonds. The van der Waals surface area contributed by atoms with Crippen molar-refractivity contribution in [1.29, 1.82) is 0 Å². The molecule has 0 atom stereocenters. The molecule has 0 saturated heterocycles. The number of carbonyl (C=O) groups is 1. The molecule has 3 rings (SSSR count). The highest BCUT2D eigenvalue weighted by atomic mass is 35.5. The molecular weight excluding hydrogens is 333 g/mol. The summed E-state index contributed by atoms with van der Waals surface area (Å²) >= 11 is 6.01. The zero-order chi connectivity index (χ0) is 17.3. The van der Waals surface area contributed by atoms with Gasteiger partial charge >= 0.3 is 0 Å². The standard InChI is InChI=1S/C17H13ClFN3O2/c1-10-13(18)3-2-4-14(10)21-16(23)8-22-9-20-15-6-5-11(19)7-12(15)17(22)24/h2-7,9H,8H2,1H3,(H,21,23). The first kappa shape index (κ1) is 16.1. The molecule has 0 fully saturated rings. The third-order valence-corrected chi connectivity index (χ3v) is 4.05. The van der Waals surface area contributed by atoms with Gasteiger partial charge in [0.15, 0.2) is 0 Å². The predicted octanol–water partition coefficient (Wildman–Crippen LogP) is 3.14. The highest BCUT2D eigenvalue weighted by molar-refractivity contribution is 6.31. The van der Waals surface area contributed by atoms with Gasteiger partial charge in [-0.15, -0.1) is 0 Å². The molecular formula is C17H13ClFN3O2. The lowest BCUT2D eigenvalue weighted by atomic mass is 10.2. The Morgan fingerprint density at radius 1 is 1.33 bits per heavy atom. The van der Waals surface area contributed by atoms with Gasteiger partial charge in [-0.2, -0.15) is 0 Å². The summed E-state index contributed by atoms with van der Waals surface area (Å²) in [6.07, 6.45) is 1.27. The summed E-state index contributed by atoms with van der Waals surface area (Å²) in [6.45, 7) is 1.55. The summed E-state index contributed by atoms with van der Waals surface area (Å²) in [5.41, 5.74) is 1.21. The van der Waals surface area contributed by atoms with Gasteiger partial charge in [-0.05, 0) is 42.8 Å². The Morgan fingerprint density at radius 3 is 2.92 bits per heavy atom. The van der Waals surface area contributed by atoms with Crippen LogP contribution in [-0.4, -0.2) is 15.5 Å². The maximum absolute atomic E-state index is 13.3. The first-order valence-electron chi connectivity index (χ1n) is 7.15. The zero-order valence-electron chi connectivity index (χ0n) is 12.7. The van der Waals surface area contributed by atoms with E-state index in [-0.39, 0.29) is 11.9 Å². The lowest BCUT2D eigenvalue weighted by molar-refractivity contribution is -0.116. The molecule has 1 heterocycles. The van der Waals surface area contributed by atoms with E-state index in [0.29, 0.717) is 16.2 Å². The zero-order valence-corrected chi connectivity index (χ0v) is 13.5. The average molecular weight is 346 g/mol. The predicted molar refractivity (Wildman–Crippen MR) is 90.8 cm³/mol. The molecule has 0 aliphatic carbocycles. The Bertz CT molecular complexity index is 1000.